The van der Waals surface area contributed by atoms with Gasteiger partial charge in [-0.2, -0.15) is 0 Å². The Balaban J connectivity index is 1.32. The van der Waals surface area contributed by atoms with Gasteiger partial charge in [0.1, 0.15) is 18.0 Å². The highest BCUT2D eigenvalue weighted by molar-refractivity contribution is 5.78. The van der Waals surface area contributed by atoms with Crippen LogP contribution in [0.3, 0.4) is 0 Å². The maximum absolute atomic E-state index is 12.9. The first-order valence-corrected chi connectivity index (χ1v) is 18.3. The molecular formula is C41H57NO4. The van der Waals surface area contributed by atoms with E-state index in [4.69, 9.17) is 14.2 Å². The van der Waals surface area contributed by atoms with Gasteiger partial charge in [-0.25, -0.2) is 0 Å². The molecule has 3 saturated carbocycles. The van der Waals surface area contributed by atoms with Gasteiger partial charge in [0, 0.05) is 5.52 Å². The number of para-hydroxylation sites is 1. The largest absolute Gasteiger partial charge is 0.489 e. The molecule has 0 aliphatic heterocycles. The number of aromatic amines is 1. The van der Waals surface area contributed by atoms with Gasteiger partial charge in [0.15, 0.2) is 0 Å². The number of pyridine rings is 1. The molecule has 1 aromatic heterocycles. The fourth-order valence-electron chi connectivity index (χ4n) is 8.97. The molecule has 2 aromatic carbocycles. The molecule has 46 heavy (non-hydrogen) atoms. The first-order valence-electron chi connectivity index (χ1n) is 18.3. The van der Waals surface area contributed by atoms with Crippen molar-refractivity contribution in [2.75, 3.05) is 0 Å². The predicted molar refractivity (Wildman–Crippen MR) is 187 cm³/mol. The standard InChI is InChI=1S/C41H57NO4/c1-26(2)34-18-16-28(5)21-37(34)45-39-15-10-20-41(39,46-38-22-29(6)17-19-35(38)27(3)4)32-12-9-13-33(24-32)44-25-31-23-30-11-7-8-14-36(30)42-40(31)43/h7-9,11-14,23-24,26-29,34-35,37-39H,10,15-22,25H2,1-6H3,(H,42,43)/t28?,29?,34?,35?,37?,38?,39-,41+/m1/s1. The maximum atomic E-state index is 12.9. The average molecular weight is 628 g/mol. The molecule has 0 amide bonds. The minimum atomic E-state index is -0.517. The van der Waals surface area contributed by atoms with Crippen LogP contribution in [0.25, 0.3) is 10.9 Å². The fourth-order valence-corrected chi connectivity index (χ4v) is 8.97. The Morgan fingerprint density at radius 1 is 0.826 bits per heavy atom. The van der Waals surface area contributed by atoms with Crippen molar-refractivity contribution in [1.82, 2.24) is 4.98 Å². The van der Waals surface area contributed by atoms with Gasteiger partial charge in [0.05, 0.1) is 23.9 Å². The third-order valence-electron chi connectivity index (χ3n) is 11.7. The van der Waals surface area contributed by atoms with Crippen LogP contribution in [0, 0.1) is 35.5 Å². The maximum Gasteiger partial charge on any atom is 0.255 e. The molecule has 3 aliphatic carbocycles. The quantitative estimate of drug-likeness (QED) is 0.243. The summed E-state index contributed by atoms with van der Waals surface area (Å²) in [4.78, 5) is 15.9. The summed E-state index contributed by atoms with van der Waals surface area (Å²) in [6, 6.07) is 18.3. The van der Waals surface area contributed by atoms with Crippen LogP contribution in [-0.4, -0.2) is 23.3 Å². The number of fused-ring (bicyclic) bond motifs is 1. The van der Waals surface area contributed by atoms with Crippen molar-refractivity contribution in [3.05, 3.63) is 76.1 Å². The van der Waals surface area contributed by atoms with E-state index in [1.54, 1.807) is 0 Å². The van der Waals surface area contributed by atoms with E-state index in [9.17, 15) is 4.79 Å². The van der Waals surface area contributed by atoms with Gasteiger partial charge in [0.2, 0.25) is 0 Å². The molecule has 1 heterocycles. The molecule has 0 saturated heterocycles. The van der Waals surface area contributed by atoms with Gasteiger partial charge < -0.3 is 19.2 Å². The van der Waals surface area contributed by atoms with Crippen molar-refractivity contribution in [3.8, 4) is 5.75 Å². The van der Waals surface area contributed by atoms with Crippen LogP contribution in [0.15, 0.2) is 59.4 Å². The molecule has 0 bridgehead atoms. The Bertz CT molecular complexity index is 1510. The van der Waals surface area contributed by atoms with E-state index in [-0.39, 0.29) is 30.5 Å². The van der Waals surface area contributed by atoms with Crippen molar-refractivity contribution >= 4 is 10.9 Å². The third kappa shape index (κ3) is 7.11. The Hall–Kier alpha value is -2.63. The highest BCUT2D eigenvalue weighted by Crippen LogP contribution is 2.50. The molecule has 8 atom stereocenters. The van der Waals surface area contributed by atoms with Crippen molar-refractivity contribution in [1.29, 1.82) is 0 Å². The number of hydrogen-bond acceptors (Lipinski definition) is 4. The molecule has 6 unspecified atom stereocenters. The van der Waals surface area contributed by atoms with E-state index >= 15 is 0 Å². The SMILES string of the molecule is CC1CCC(C(C)C)C(O[C@@H]2CCC[C@]2(OC2CC(C)CCC2C(C)C)c2cccc(OCc3cc4ccccc4[nH]c3=O)c2)C1. The second-order valence-corrected chi connectivity index (χ2v) is 15.8. The Kier molecular flexibility index (Phi) is 10.3. The summed E-state index contributed by atoms with van der Waals surface area (Å²) >= 11 is 0. The minimum Gasteiger partial charge on any atom is -0.489 e. The van der Waals surface area contributed by atoms with E-state index in [1.165, 1.54) is 25.7 Å². The second-order valence-electron chi connectivity index (χ2n) is 15.8. The summed E-state index contributed by atoms with van der Waals surface area (Å²) < 4.78 is 21.3. The Morgan fingerprint density at radius 2 is 1.52 bits per heavy atom. The highest BCUT2D eigenvalue weighted by Gasteiger charge is 2.51. The number of rotatable bonds is 10. The molecule has 0 spiro atoms. The van der Waals surface area contributed by atoms with Crippen LogP contribution < -0.4 is 10.3 Å². The Morgan fingerprint density at radius 3 is 2.26 bits per heavy atom. The van der Waals surface area contributed by atoms with E-state index in [0.717, 1.165) is 54.3 Å². The number of nitrogens with one attached hydrogen (secondary N) is 1. The zero-order chi connectivity index (χ0) is 32.4. The molecule has 3 aromatic rings. The summed E-state index contributed by atoms with van der Waals surface area (Å²) in [5.74, 6) is 4.44. The topological polar surface area (TPSA) is 60.6 Å². The lowest BCUT2D eigenvalue weighted by molar-refractivity contribution is -0.213. The smallest absolute Gasteiger partial charge is 0.255 e. The molecule has 3 aliphatic rings. The molecule has 6 rings (SSSR count). The van der Waals surface area contributed by atoms with Gasteiger partial charge in [0.25, 0.3) is 5.56 Å². The molecule has 3 fully saturated rings. The molecular weight excluding hydrogens is 570 g/mol. The lowest BCUT2D eigenvalue weighted by Gasteiger charge is -2.47. The average Bonchev–Trinajstić information content (AvgIpc) is 3.42. The van der Waals surface area contributed by atoms with Crippen LogP contribution in [0.2, 0.25) is 0 Å². The number of ether oxygens (including phenoxy) is 3. The molecule has 5 heteroatoms. The number of hydrogen-bond donors (Lipinski definition) is 1. The fraction of sp³-hybridized carbons (Fsp3) is 0.634. The van der Waals surface area contributed by atoms with Crippen LogP contribution in [0.1, 0.15) is 110 Å². The summed E-state index contributed by atoms with van der Waals surface area (Å²) in [7, 11) is 0. The monoisotopic (exact) mass is 627 g/mol. The van der Waals surface area contributed by atoms with Crippen LogP contribution >= 0.6 is 0 Å². The summed E-state index contributed by atoms with van der Waals surface area (Å²) in [6.45, 7) is 14.5. The zero-order valence-corrected chi connectivity index (χ0v) is 29.1. The van der Waals surface area contributed by atoms with E-state index in [1.807, 2.05) is 36.4 Å². The van der Waals surface area contributed by atoms with Crippen molar-refractivity contribution in [3.63, 3.8) is 0 Å². The summed E-state index contributed by atoms with van der Waals surface area (Å²) in [5.41, 5.74) is 2.00. The highest BCUT2D eigenvalue weighted by atomic mass is 16.6. The van der Waals surface area contributed by atoms with Crippen molar-refractivity contribution in [2.24, 2.45) is 35.5 Å². The second kappa shape index (κ2) is 14.2. The van der Waals surface area contributed by atoms with Crippen molar-refractivity contribution < 1.29 is 14.2 Å². The van der Waals surface area contributed by atoms with Gasteiger partial charge in [-0.15, -0.1) is 0 Å². The van der Waals surface area contributed by atoms with E-state index in [2.05, 4.69) is 64.7 Å². The molecule has 0 radical (unpaired) electrons. The predicted octanol–water partition coefficient (Wildman–Crippen LogP) is 9.81. The van der Waals surface area contributed by atoms with Gasteiger partial charge in [-0.1, -0.05) is 84.7 Å². The summed E-state index contributed by atoms with van der Waals surface area (Å²) in [5, 5.41) is 1.01. The number of benzene rings is 2. The van der Waals surface area contributed by atoms with Crippen LogP contribution in [-0.2, 0) is 21.7 Å². The number of aromatic nitrogens is 1. The number of H-pyrrole nitrogens is 1. The van der Waals surface area contributed by atoms with Crippen LogP contribution in [0.4, 0.5) is 0 Å². The van der Waals surface area contributed by atoms with Crippen LogP contribution in [0.5, 0.6) is 5.75 Å². The van der Waals surface area contributed by atoms with Gasteiger partial charge in [-0.05, 0) is 116 Å². The van der Waals surface area contributed by atoms with Gasteiger partial charge in [-0.3, -0.25) is 4.79 Å². The van der Waals surface area contributed by atoms with E-state index in [0.29, 0.717) is 41.1 Å². The third-order valence-corrected chi connectivity index (χ3v) is 11.7. The Labute approximate surface area is 276 Å². The van der Waals surface area contributed by atoms with Crippen molar-refractivity contribution in [2.45, 2.75) is 130 Å². The van der Waals surface area contributed by atoms with Gasteiger partial charge >= 0.3 is 0 Å². The zero-order valence-electron chi connectivity index (χ0n) is 29.1. The molecule has 1 N–H and O–H groups in total. The lowest BCUT2D eigenvalue weighted by Crippen LogP contribution is -2.49. The normalized spacial score (nSPS) is 32.0. The first-order chi connectivity index (χ1) is 22.1. The molecule has 250 valence electrons. The minimum absolute atomic E-state index is 0.00711. The summed E-state index contributed by atoms with van der Waals surface area (Å²) in [6.07, 6.45) is 10.8. The first kappa shape index (κ1) is 33.3. The lowest BCUT2D eigenvalue weighted by atomic mass is 9.74. The van der Waals surface area contributed by atoms with E-state index < -0.39 is 5.60 Å². The molecule has 5 nitrogen and oxygen atoms in total.